The topological polar surface area (TPSA) is 46.8 Å². The first-order valence-electron chi connectivity index (χ1n) is 8.37. The van der Waals surface area contributed by atoms with E-state index in [9.17, 15) is 4.79 Å². The molecule has 0 bridgehead atoms. The average Bonchev–Trinajstić information content (AvgIpc) is 3.05. The molecule has 0 aliphatic carbocycles. The fraction of sp³-hybridized carbons (Fsp3) is 0.350. The number of fused-ring (bicyclic) bond motifs is 1. The number of hydrogen-bond donors (Lipinski definition) is 1. The molecule has 2 N–H and O–H groups in total. The number of hydrogen-bond acceptors (Lipinski definition) is 3. The zero-order chi connectivity index (χ0) is 17.3. The third-order valence-corrected chi connectivity index (χ3v) is 5.67. The average molecular weight is 342 g/mol. The van der Waals surface area contributed by atoms with E-state index in [0.29, 0.717) is 12.0 Å². The van der Waals surface area contributed by atoms with Crippen LogP contribution in [0.5, 0.6) is 0 Å². The van der Waals surface area contributed by atoms with E-state index >= 15 is 0 Å². The van der Waals surface area contributed by atoms with E-state index < -0.39 is 0 Å². The molecule has 3 rings (SSSR count). The number of quaternary nitrogens is 1. The van der Waals surface area contributed by atoms with Crippen LogP contribution >= 0.6 is 11.3 Å². The van der Waals surface area contributed by atoms with Gasteiger partial charge in [-0.1, -0.05) is 32.0 Å². The summed E-state index contributed by atoms with van der Waals surface area (Å²) in [5.41, 5.74) is 3.70. The Bertz CT molecular complexity index is 894. The van der Waals surface area contributed by atoms with Gasteiger partial charge in [0.25, 0.3) is 0 Å². The summed E-state index contributed by atoms with van der Waals surface area (Å²) in [7, 11) is 0. The molecule has 3 aromatic rings. The summed E-state index contributed by atoms with van der Waals surface area (Å²) in [5, 5.41) is 5.50. The molecule has 0 amide bonds. The molecule has 3 nitrogen and oxygen atoms in total. The Morgan fingerprint density at radius 3 is 2.67 bits per heavy atom. The summed E-state index contributed by atoms with van der Waals surface area (Å²) in [5.74, 6) is 0.527. The van der Waals surface area contributed by atoms with Gasteiger partial charge in [-0.15, -0.1) is 11.3 Å². The van der Waals surface area contributed by atoms with E-state index in [1.807, 2.05) is 13.8 Å². The largest absolute Gasteiger partial charge is 0.422 e. The Kier molecular flexibility index (Phi) is 4.88. The van der Waals surface area contributed by atoms with E-state index in [1.165, 1.54) is 4.88 Å². The first-order chi connectivity index (χ1) is 11.5. The van der Waals surface area contributed by atoms with Crippen LogP contribution in [0.1, 0.15) is 41.5 Å². The third kappa shape index (κ3) is 3.30. The van der Waals surface area contributed by atoms with Gasteiger partial charge in [-0.2, -0.15) is 0 Å². The van der Waals surface area contributed by atoms with Crippen LogP contribution in [0.15, 0.2) is 44.9 Å². The Labute approximate surface area is 146 Å². The van der Waals surface area contributed by atoms with Gasteiger partial charge in [-0.25, -0.2) is 4.79 Å². The summed E-state index contributed by atoms with van der Waals surface area (Å²) in [4.78, 5) is 13.4. The summed E-state index contributed by atoms with van der Waals surface area (Å²) >= 11 is 1.79. The molecule has 0 radical (unpaired) electrons. The second-order valence-electron chi connectivity index (χ2n) is 6.70. The molecule has 1 aromatic carbocycles. The van der Waals surface area contributed by atoms with Gasteiger partial charge in [0.1, 0.15) is 18.2 Å². The van der Waals surface area contributed by atoms with Crippen molar-refractivity contribution in [3.63, 3.8) is 0 Å². The lowest BCUT2D eigenvalue weighted by Crippen LogP contribution is -2.84. The highest BCUT2D eigenvalue weighted by Gasteiger charge is 2.21. The zero-order valence-corrected chi connectivity index (χ0v) is 15.4. The van der Waals surface area contributed by atoms with E-state index in [2.05, 4.69) is 48.8 Å². The molecular weight excluding hydrogens is 318 g/mol. The highest BCUT2D eigenvalue weighted by molar-refractivity contribution is 7.10. The van der Waals surface area contributed by atoms with E-state index in [0.717, 1.165) is 34.2 Å². The molecule has 126 valence electrons. The number of rotatable bonds is 5. The quantitative estimate of drug-likeness (QED) is 0.714. The number of nitrogens with two attached hydrogens (primary N) is 1. The van der Waals surface area contributed by atoms with Crippen molar-refractivity contribution in [3.8, 4) is 0 Å². The minimum Gasteiger partial charge on any atom is -0.422 e. The third-order valence-electron chi connectivity index (χ3n) is 4.70. The summed E-state index contributed by atoms with van der Waals surface area (Å²) in [6.07, 6.45) is 0. The molecule has 1 atom stereocenters. The minimum absolute atomic E-state index is 0.267. The second-order valence-corrected chi connectivity index (χ2v) is 7.68. The monoisotopic (exact) mass is 342 g/mol. The lowest BCUT2D eigenvalue weighted by atomic mass is 10.0. The highest BCUT2D eigenvalue weighted by atomic mass is 32.1. The molecule has 0 unspecified atom stereocenters. The molecule has 2 aromatic heterocycles. The second kappa shape index (κ2) is 6.91. The molecular formula is C20H24NO2S+. The van der Waals surface area contributed by atoms with Crippen LogP contribution in [0.25, 0.3) is 11.0 Å². The molecule has 0 spiro atoms. The standard InChI is InChI=1S/C20H23NO2S/c1-12(2)19(17-6-5-9-24-17)21-11-15-10-18(22)23-20-14(4)13(3)7-8-16(15)20/h5-10,12,19,21H,11H2,1-4H3/p+1/t19-/m0/s1. The first-order valence-corrected chi connectivity index (χ1v) is 9.25. The van der Waals surface area contributed by atoms with Crippen molar-refractivity contribution in [3.05, 3.63) is 67.7 Å². The summed E-state index contributed by atoms with van der Waals surface area (Å²) in [6.45, 7) is 9.30. The van der Waals surface area contributed by atoms with Crippen LogP contribution in [0.4, 0.5) is 0 Å². The summed E-state index contributed by atoms with van der Waals surface area (Å²) in [6, 6.07) is 10.5. The van der Waals surface area contributed by atoms with Crippen molar-refractivity contribution in [2.75, 3.05) is 0 Å². The fourth-order valence-corrected chi connectivity index (χ4v) is 4.14. The van der Waals surface area contributed by atoms with Gasteiger partial charge in [0.2, 0.25) is 0 Å². The van der Waals surface area contributed by atoms with Crippen molar-refractivity contribution in [2.24, 2.45) is 5.92 Å². The van der Waals surface area contributed by atoms with Gasteiger partial charge in [-0.3, -0.25) is 0 Å². The zero-order valence-electron chi connectivity index (χ0n) is 14.6. The van der Waals surface area contributed by atoms with Crippen molar-refractivity contribution in [1.29, 1.82) is 0 Å². The smallest absolute Gasteiger partial charge is 0.336 e. The van der Waals surface area contributed by atoms with Crippen molar-refractivity contribution >= 4 is 22.3 Å². The predicted octanol–water partition coefficient (Wildman–Crippen LogP) is 3.93. The Balaban J connectivity index is 1.95. The first kappa shape index (κ1) is 16.9. The van der Waals surface area contributed by atoms with Gasteiger partial charge < -0.3 is 9.73 Å². The van der Waals surface area contributed by atoms with Crippen LogP contribution in [0.3, 0.4) is 0 Å². The normalized spacial score (nSPS) is 12.9. The maximum atomic E-state index is 12.0. The van der Waals surface area contributed by atoms with Crippen LogP contribution in [-0.2, 0) is 6.54 Å². The number of thiophene rings is 1. The van der Waals surface area contributed by atoms with Crippen LogP contribution < -0.4 is 10.9 Å². The Morgan fingerprint density at radius 2 is 2.00 bits per heavy atom. The maximum Gasteiger partial charge on any atom is 0.336 e. The minimum atomic E-state index is -0.267. The number of aryl methyl sites for hydroxylation is 2. The van der Waals surface area contributed by atoms with E-state index in [1.54, 1.807) is 17.4 Å². The Hall–Kier alpha value is -1.91. The maximum absolute atomic E-state index is 12.0. The van der Waals surface area contributed by atoms with Crippen LogP contribution in [0.2, 0.25) is 0 Å². The lowest BCUT2D eigenvalue weighted by Gasteiger charge is -2.18. The van der Waals surface area contributed by atoms with Crippen molar-refractivity contribution in [2.45, 2.75) is 40.3 Å². The fourth-order valence-electron chi connectivity index (χ4n) is 3.15. The molecule has 2 heterocycles. The lowest BCUT2D eigenvalue weighted by molar-refractivity contribution is -0.716. The molecule has 0 aliphatic rings. The van der Waals surface area contributed by atoms with Gasteiger partial charge >= 0.3 is 5.63 Å². The molecule has 0 saturated heterocycles. The van der Waals surface area contributed by atoms with Gasteiger partial charge in [0, 0.05) is 22.9 Å². The highest BCUT2D eigenvalue weighted by Crippen LogP contribution is 2.24. The van der Waals surface area contributed by atoms with Gasteiger partial charge in [0.05, 0.1) is 4.88 Å². The van der Waals surface area contributed by atoms with Crippen LogP contribution in [-0.4, -0.2) is 0 Å². The van der Waals surface area contributed by atoms with Crippen LogP contribution in [0, 0.1) is 19.8 Å². The summed E-state index contributed by atoms with van der Waals surface area (Å²) < 4.78 is 5.47. The predicted molar refractivity (Wildman–Crippen MR) is 99.5 cm³/mol. The molecule has 0 fully saturated rings. The van der Waals surface area contributed by atoms with Crippen molar-refractivity contribution < 1.29 is 9.73 Å². The molecule has 0 aliphatic heterocycles. The van der Waals surface area contributed by atoms with E-state index in [-0.39, 0.29) is 5.63 Å². The van der Waals surface area contributed by atoms with Gasteiger partial charge in [-0.05, 0) is 36.4 Å². The number of benzene rings is 1. The SMILES string of the molecule is Cc1ccc2c(C[NH2+][C@H](c3cccs3)C(C)C)cc(=O)oc2c1C. The van der Waals surface area contributed by atoms with E-state index in [4.69, 9.17) is 4.42 Å². The van der Waals surface area contributed by atoms with Crippen molar-refractivity contribution in [1.82, 2.24) is 0 Å². The van der Waals surface area contributed by atoms with Gasteiger partial charge in [0.15, 0.2) is 0 Å². The Morgan fingerprint density at radius 1 is 1.21 bits per heavy atom. The molecule has 4 heteroatoms. The molecule has 0 saturated carbocycles. The molecule has 24 heavy (non-hydrogen) atoms.